The number of H-pyrrole nitrogens is 1. The van der Waals surface area contributed by atoms with Gasteiger partial charge in [-0.2, -0.15) is 5.10 Å². The summed E-state index contributed by atoms with van der Waals surface area (Å²) in [5, 5.41) is 10.8. The summed E-state index contributed by atoms with van der Waals surface area (Å²) in [6, 6.07) is 14.5. The molecule has 0 unspecified atom stereocenters. The third kappa shape index (κ3) is 4.34. The number of hydrogen-bond donors (Lipinski definition) is 2. The third-order valence-corrected chi connectivity index (χ3v) is 4.25. The molecule has 0 aliphatic heterocycles. The number of nitrogens with zero attached hydrogens (tertiary/aromatic N) is 2. The minimum atomic E-state index is -0.165. The van der Waals surface area contributed by atoms with Crippen molar-refractivity contribution in [3.05, 3.63) is 71.0 Å². The Morgan fingerprint density at radius 3 is 2.74 bits per heavy atom. The quantitative estimate of drug-likeness (QED) is 0.686. The Balaban J connectivity index is 1.61. The Labute approximate surface area is 142 Å². The average Bonchev–Trinajstić information content (AvgIpc) is 3.07. The molecule has 5 nitrogen and oxygen atoms in total. The summed E-state index contributed by atoms with van der Waals surface area (Å²) in [5.41, 5.74) is 2.37. The molecule has 0 fully saturated rings. The van der Waals surface area contributed by atoms with Crippen molar-refractivity contribution in [3.63, 3.8) is 0 Å². The molecule has 0 atom stereocenters. The highest BCUT2D eigenvalue weighted by Gasteiger charge is 2.07. The van der Waals surface area contributed by atoms with Crippen LogP contribution in [-0.2, 0) is 5.75 Å². The number of hydrogen-bond acceptors (Lipinski definition) is 4. The smallest absolute Gasteiger partial charge is 0.255 e. The van der Waals surface area contributed by atoms with Crippen LogP contribution in [0.5, 0.6) is 0 Å². The van der Waals surface area contributed by atoms with Crippen molar-refractivity contribution in [2.75, 3.05) is 5.32 Å². The van der Waals surface area contributed by atoms with E-state index in [2.05, 4.69) is 20.5 Å². The van der Waals surface area contributed by atoms with Crippen molar-refractivity contribution < 1.29 is 4.79 Å². The lowest BCUT2D eigenvalue weighted by Crippen LogP contribution is -2.11. The van der Waals surface area contributed by atoms with E-state index in [0.717, 1.165) is 16.5 Å². The number of carbonyl (C=O) groups excluding carboxylic acids is 1. The van der Waals surface area contributed by atoms with Crippen LogP contribution in [0.25, 0.3) is 0 Å². The maximum atomic E-state index is 12.2. The molecule has 1 heterocycles. The molecule has 7 heteroatoms. The molecule has 3 aromatic rings. The normalized spacial score (nSPS) is 10.5. The van der Waals surface area contributed by atoms with Crippen molar-refractivity contribution >= 4 is 35.0 Å². The van der Waals surface area contributed by atoms with Crippen LogP contribution >= 0.6 is 23.4 Å². The van der Waals surface area contributed by atoms with Crippen molar-refractivity contribution in [1.82, 2.24) is 15.2 Å². The Morgan fingerprint density at radius 1 is 1.22 bits per heavy atom. The summed E-state index contributed by atoms with van der Waals surface area (Å²) in [6.07, 6.45) is 1.48. The molecule has 0 spiro atoms. The van der Waals surface area contributed by atoms with E-state index in [4.69, 9.17) is 11.6 Å². The summed E-state index contributed by atoms with van der Waals surface area (Å²) >= 11 is 7.46. The fourth-order valence-corrected chi connectivity index (χ4v) is 2.86. The predicted octanol–water partition coefficient (Wildman–Crippen LogP) is 4.00. The molecular weight excluding hydrogens is 332 g/mol. The molecular formula is C16H13ClN4OS. The number of nitrogens with one attached hydrogen (secondary N) is 2. The Morgan fingerprint density at radius 2 is 2.04 bits per heavy atom. The molecule has 2 N–H and O–H groups in total. The Kier molecular flexibility index (Phi) is 4.95. The number of aromatic amines is 1. The van der Waals surface area contributed by atoms with E-state index in [9.17, 15) is 4.79 Å². The highest BCUT2D eigenvalue weighted by atomic mass is 35.5. The van der Waals surface area contributed by atoms with E-state index < -0.39 is 0 Å². The van der Waals surface area contributed by atoms with Crippen LogP contribution in [0.3, 0.4) is 0 Å². The maximum Gasteiger partial charge on any atom is 0.255 e. The van der Waals surface area contributed by atoms with E-state index in [1.807, 2.05) is 12.1 Å². The van der Waals surface area contributed by atoms with Gasteiger partial charge in [0.15, 0.2) is 5.16 Å². The second-order valence-electron chi connectivity index (χ2n) is 4.74. The molecule has 23 heavy (non-hydrogen) atoms. The SMILES string of the molecule is O=C(Nc1cccc(Cl)c1)c1ccc(CSc2ncn[nH]2)cc1. The Hall–Kier alpha value is -2.31. The van der Waals surface area contributed by atoms with Gasteiger partial charge >= 0.3 is 0 Å². The minimum absolute atomic E-state index is 0.165. The summed E-state index contributed by atoms with van der Waals surface area (Å²) in [5.74, 6) is 0.590. The lowest BCUT2D eigenvalue weighted by Gasteiger charge is -2.06. The Bertz CT molecular complexity index is 790. The average molecular weight is 345 g/mol. The van der Waals surface area contributed by atoms with Crippen LogP contribution in [0.15, 0.2) is 60.0 Å². The second-order valence-corrected chi connectivity index (χ2v) is 6.14. The van der Waals surface area contributed by atoms with Gasteiger partial charge in [-0.1, -0.05) is 41.6 Å². The van der Waals surface area contributed by atoms with Gasteiger partial charge in [-0.25, -0.2) is 4.98 Å². The van der Waals surface area contributed by atoms with Crippen molar-refractivity contribution in [3.8, 4) is 0 Å². The van der Waals surface area contributed by atoms with E-state index >= 15 is 0 Å². The van der Waals surface area contributed by atoms with Gasteiger partial charge in [0, 0.05) is 22.0 Å². The topological polar surface area (TPSA) is 70.7 Å². The number of carbonyl (C=O) groups is 1. The first-order valence-electron chi connectivity index (χ1n) is 6.85. The minimum Gasteiger partial charge on any atom is -0.322 e. The van der Waals surface area contributed by atoms with Gasteiger partial charge in [0.05, 0.1) is 0 Å². The molecule has 3 rings (SSSR count). The van der Waals surface area contributed by atoms with Crippen molar-refractivity contribution in [2.24, 2.45) is 0 Å². The molecule has 2 aromatic carbocycles. The molecule has 1 amide bonds. The molecule has 0 saturated carbocycles. The van der Waals surface area contributed by atoms with E-state index in [-0.39, 0.29) is 5.91 Å². The fourth-order valence-electron chi connectivity index (χ4n) is 1.94. The molecule has 0 aliphatic carbocycles. The first-order chi connectivity index (χ1) is 11.2. The number of amides is 1. The third-order valence-electron chi connectivity index (χ3n) is 3.07. The lowest BCUT2D eigenvalue weighted by atomic mass is 10.1. The number of thioether (sulfide) groups is 1. The highest BCUT2D eigenvalue weighted by molar-refractivity contribution is 7.98. The first-order valence-corrected chi connectivity index (χ1v) is 8.21. The van der Waals surface area contributed by atoms with Crippen LogP contribution in [-0.4, -0.2) is 21.1 Å². The largest absolute Gasteiger partial charge is 0.322 e. The van der Waals surface area contributed by atoms with Crippen LogP contribution in [0.1, 0.15) is 15.9 Å². The fraction of sp³-hybridized carbons (Fsp3) is 0.0625. The van der Waals surface area contributed by atoms with Gasteiger partial charge in [-0.3, -0.25) is 9.89 Å². The monoisotopic (exact) mass is 344 g/mol. The van der Waals surface area contributed by atoms with Crippen LogP contribution < -0.4 is 5.32 Å². The van der Waals surface area contributed by atoms with Crippen molar-refractivity contribution in [1.29, 1.82) is 0 Å². The van der Waals surface area contributed by atoms with Gasteiger partial charge in [0.2, 0.25) is 0 Å². The number of aromatic nitrogens is 3. The lowest BCUT2D eigenvalue weighted by molar-refractivity contribution is 0.102. The number of rotatable bonds is 5. The maximum absolute atomic E-state index is 12.2. The number of halogens is 1. The molecule has 0 aliphatic rings. The standard InChI is InChI=1S/C16H13ClN4OS/c17-13-2-1-3-14(8-13)20-15(22)12-6-4-11(5-7-12)9-23-16-18-10-19-21-16/h1-8,10H,9H2,(H,20,22)(H,18,19,21). The first kappa shape index (κ1) is 15.6. The van der Waals surface area contributed by atoms with Crippen molar-refractivity contribution in [2.45, 2.75) is 10.9 Å². The molecule has 0 radical (unpaired) electrons. The summed E-state index contributed by atoms with van der Waals surface area (Å²) in [6.45, 7) is 0. The zero-order valence-corrected chi connectivity index (χ0v) is 13.6. The molecule has 1 aromatic heterocycles. The van der Waals surface area contributed by atoms with E-state index in [0.29, 0.717) is 16.3 Å². The summed E-state index contributed by atoms with van der Waals surface area (Å²) in [4.78, 5) is 16.3. The van der Waals surface area contributed by atoms with Gasteiger partial charge in [-0.05, 0) is 35.9 Å². The second kappa shape index (κ2) is 7.30. The van der Waals surface area contributed by atoms with Crippen LogP contribution in [0, 0.1) is 0 Å². The molecule has 0 bridgehead atoms. The van der Waals surface area contributed by atoms with Gasteiger partial charge in [0.25, 0.3) is 5.91 Å². The van der Waals surface area contributed by atoms with E-state index in [1.54, 1.807) is 48.2 Å². The zero-order valence-electron chi connectivity index (χ0n) is 12.0. The highest BCUT2D eigenvalue weighted by Crippen LogP contribution is 2.19. The van der Waals surface area contributed by atoms with Gasteiger partial charge < -0.3 is 5.32 Å². The van der Waals surface area contributed by atoms with Crippen LogP contribution in [0.2, 0.25) is 5.02 Å². The molecule has 116 valence electrons. The summed E-state index contributed by atoms with van der Waals surface area (Å²) in [7, 11) is 0. The van der Waals surface area contributed by atoms with Gasteiger partial charge in [0.1, 0.15) is 6.33 Å². The predicted molar refractivity (Wildman–Crippen MR) is 91.8 cm³/mol. The number of benzene rings is 2. The van der Waals surface area contributed by atoms with E-state index in [1.165, 1.54) is 6.33 Å². The molecule has 0 saturated heterocycles. The summed E-state index contributed by atoms with van der Waals surface area (Å²) < 4.78 is 0. The number of anilines is 1. The zero-order chi connectivity index (χ0) is 16.1. The van der Waals surface area contributed by atoms with Crippen LogP contribution in [0.4, 0.5) is 5.69 Å². The van der Waals surface area contributed by atoms with Gasteiger partial charge in [-0.15, -0.1) is 0 Å².